The Bertz CT molecular complexity index is 824. The molecule has 122 valence electrons. The molecule has 1 N–H and O–H groups in total. The highest BCUT2D eigenvalue weighted by atomic mass is 16.5. The molecule has 0 aliphatic carbocycles. The Labute approximate surface area is 140 Å². The van der Waals surface area contributed by atoms with E-state index in [9.17, 15) is 4.79 Å². The van der Waals surface area contributed by atoms with E-state index in [0.29, 0.717) is 18.1 Å². The second kappa shape index (κ2) is 7.00. The average molecular weight is 321 g/mol. The first-order chi connectivity index (χ1) is 11.7. The standard InChI is InChI=1S/C19H19N3O2/c1-3-24-16-11-9-14(10-12-16)17-13-20-19(22(17)2)21-18(23)15-7-5-4-6-8-15/h4-13H,3H2,1-2H3,(H,20,21,23). The first-order valence-corrected chi connectivity index (χ1v) is 7.80. The number of rotatable bonds is 5. The minimum atomic E-state index is -0.178. The van der Waals surface area contributed by atoms with Gasteiger partial charge in [-0.1, -0.05) is 18.2 Å². The summed E-state index contributed by atoms with van der Waals surface area (Å²) in [6, 6.07) is 16.9. The maximum Gasteiger partial charge on any atom is 0.257 e. The zero-order chi connectivity index (χ0) is 16.9. The van der Waals surface area contributed by atoms with Crippen molar-refractivity contribution in [3.8, 4) is 17.0 Å². The monoisotopic (exact) mass is 321 g/mol. The summed E-state index contributed by atoms with van der Waals surface area (Å²) in [6.45, 7) is 2.59. The fourth-order valence-corrected chi connectivity index (χ4v) is 2.45. The molecule has 3 aromatic rings. The zero-order valence-electron chi connectivity index (χ0n) is 13.7. The summed E-state index contributed by atoms with van der Waals surface area (Å²) < 4.78 is 7.31. The van der Waals surface area contributed by atoms with Gasteiger partial charge in [-0.05, 0) is 43.3 Å². The van der Waals surface area contributed by atoms with Crippen molar-refractivity contribution in [3.05, 3.63) is 66.4 Å². The number of nitrogens with zero attached hydrogens (tertiary/aromatic N) is 2. The van der Waals surface area contributed by atoms with Gasteiger partial charge in [0.15, 0.2) is 0 Å². The lowest BCUT2D eigenvalue weighted by Gasteiger charge is -2.08. The fraction of sp³-hybridized carbons (Fsp3) is 0.158. The van der Waals surface area contributed by atoms with Crippen molar-refractivity contribution < 1.29 is 9.53 Å². The summed E-state index contributed by atoms with van der Waals surface area (Å²) in [5.74, 6) is 1.16. The van der Waals surface area contributed by atoms with E-state index in [2.05, 4.69) is 10.3 Å². The van der Waals surface area contributed by atoms with Gasteiger partial charge < -0.3 is 9.30 Å². The van der Waals surface area contributed by atoms with Crippen molar-refractivity contribution in [1.29, 1.82) is 0 Å². The van der Waals surface area contributed by atoms with Gasteiger partial charge in [0, 0.05) is 18.2 Å². The number of imidazole rings is 1. The molecule has 3 rings (SSSR count). The van der Waals surface area contributed by atoms with E-state index in [1.165, 1.54) is 0 Å². The highest BCUT2D eigenvalue weighted by molar-refractivity contribution is 6.03. The van der Waals surface area contributed by atoms with Gasteiger partial charge in [0.25, 0.3) is 5.91 Å². The Balaban J connectivity index is 1.79. The summed E-state index contributed by atoms with van der Waals surface area (Å²) in [5, 5.41) is 2.84. The molecule has 5 heteroatoms. The normalized spacial score (nSPS) is 10.4. The van der Waals surface area contributed by atoms with Gasteiger partial charge >= 0.3 is 0 Å². The lowest BCUT2D eigenvalue weighted by molar-refractivity contribution is 0.102. The molecule has 1 aromatic heterocycles. The van der Waals surface area contributed by atoms with Crippen LogP contribution in [0.5, 0.6) is 5.75 Å². The number of anilines is 1. The lowest BCUT2D eigenvalue weighted by atomic mass is 10.1. The van der Waals surface area contributed by atoms with Crippen LogP contribution in [0.1, 0.15) is 17.3 Å². The molecule has 24 heavy (non-hydrogen) atoms. The third-order valence-corrected chi connectivity index (χ3v) is 3.71. The van der Waals surface area contributed by atoms with Gasteiger partial charge in [-0.3, -0.25) is 10.1 Å². The maximum absolute atomic E-state index is 12.2. The third kappa shape index (κ3) is 3.30. The van der Waals surface area contributed by atoms with E-state index in [4.69, 9.17) is 4.74 Å². The fourth-order valence-electron chi connectivity index (χ4n) is 2.45. The number of hydrogen-bond donors (Lipinski definition) is 1. The minimum Gasteiger partial charge on any atom is -0.494 e. The van der Waals surface area contributed by atoms with E-state index in [1.54, 1.807) is 18.3 Å². The molecule has 0 aliphatic rings. The SMILES string of the molecule is CCOc1ccc(-c2cnc(NC(=O)c3ccccc3)n2C)cc1. The zero-order valence-corrected chi connectivity index (χ0v) is 13.7. The van der Waals surface area contributed by atoms with Crippen molar-refractivity contribution in [1.82, 2.24) is 9.55 Å². The smallest absolute Gasteiger partial charge is 0.257 e. The second-order valence-corrected chi connectivity index (χ2v) is 5.30. The first-order valence-electron chi connectivity index (χ1n) is 7.80. The van der Waals surface area contributed by atoms with Gasteiger partial charge in [-0.25, -0.2) is 4.98 Å². The summed E-state index contributed by atoms with van der Waals surface area (Å²) >= 11 is 0. The van der Waals surface area contributed by atoms with Crippen molar-refractivity contribution in [2.45, 2.75) is 6.92 Å². The number of ether oxygens (including phenoxy) is 1. The Morgan fingerprint density at radius 3 is 2.50 bits per heavy atom. The molecule has 0 spiro atoms. The van der Waals surface area contributed by atoms with Crippen LogP contribution in [0.25, 0.3) is 11.3 Å². The van der Waals surface area contributed by atoms with Crippen molar-refractivity contribution in [2.75, 3.05) is 11.9 Å². The van der Waals surface area contributed by atoms with E-state index in [1.807, 2.05) is 61.0 Å². The van der Waals surface area contributed by atoms with E-state index in [-0.39, 0.29) is 5.91 Å². The number of amides is 1. The van der Waals surface area contributed by atoms with Crippen LogP contribution >= 0.6 is 0 Å². The molecule has 0 bridgehead atoms. The van der Waals surface area contributed by atoms with Crippen LogP contribution in [-0.4, -0.2) is 22.1 Å². The topological polar surface area (TPSA) is 56.1 Å². The van der Waals surface area contributed by atoms with E-state index >= 15 is 0 Å². The van der Waals surface area contributed by atoms with Gasteiger partial charge in [0.2, 0.25) is 5.95 Å². The van der Waals surface area contributed by atoms with Crippen LogP contribution in [0.15, 0.2) is 60.8 Å². The van der Waals surface area contributed by atoms with Crippen LogP contribution in [0.2, 0.25) is 0 Å². The third-order valence-electron chi connectivity index (χ3n) is 3.71. The summed E-state index contributed by atoms with van der Waals surface area (Å²) in [4.78, 5) is 16.6. The molecular formula is C19H19N3O2. The van der Waals surface area contributed by atoms with Gasteiger partial charge in [0.1, 0.15) is 5.75 Å². The van der Waals surface area contributed by atoms with Crippen LogP contribution in [-0.2, 0) is 7.05 Å². The number of hydrogen-bond acceptors (Lipinski definition) is 3. The maximum atomic E-state index is 12.2. The lowest BCUT2D eigenvalue weighted by Crippen LogP contribution is -2.15. The number of aromatic nitrogens is 2. The molecule has 0 radical (unpaired) electrons. The average Bonchev–Trinajstić information content (AvgIpc) is 2.97. The molecular weight excluding hydrogens is 302 g/mol. The number of nitrogens with one attached hydrogen (secondary N) is 1. The molecule has 0 saturated heterocycles. The number of carbonyl (C=O) groups excluding carboxylic acids is 1. The van der Waals surface area contributed by atoms with Crippen LogP contribution in [0.4, 0.5) is 5.95 Å². The molecule has 5 nitrogen and oxygen atoms in total. The van der Waals surface area contributed by atoms with Gasteiger partial charge in [0.05, 0.1) is 18.5 Å². The first kappa shape index (κ1) is 15.8. The Kier molecular flexibility index (Phi) is 4.61. The predicted molar refractivity (Wildman–Crippen MR) is 94.2 cm³/mol. The molecule has 0 fully saturated rings. The quantitative estimate of drug-likeness (QED) is 0.779. The number of benzene rings is 2. The molecule has 0 atom stereocenters. The van der Waals surface area contributed by atoms with Crippen molar-refractivity contribution >= 4 is 11.9 Å². The molecule has 0 aliphatic heterocycles. The minimum absolute atomic E-state index is 0.178. The summed E-state index contributed by atoms with van der Waals surface area (Å²) in [5.41, 5.74) is 2.53. The van der Waals surface area contributed by atoms with Crippen LogP contribution in [0.3, 0.4) is 0 Å². The Hall–Kier alpha value is -3.08. The molecule has 0 saturated carbocycles. The van der Waals surface area contributed by atoms with Gasteiger partial charge in [-0.2, -0.15) is 0 Å². The van der Waals surface area contributed by atoms with Crippen molar-refractivity contribution in [3.63, 3.8) is 0 Å². The van der Waals surface area contributed by atoms with Crippen molar-refractivity contribution in [2.24, 2.45) is 7.05 Å². The summed E-state index contributed by atoms with van der Waals surface area (Å²) in [7, 11) is 1.87. The van der Waals surface area contributed by atoms with Crippen LogP contribution < -0.4 is 10.1 Å². The predicted octanol–water partition coefficient (Wildman–Crippen LogP) is 3.74. The molecule has 1 amide bonds. The van der Waals surface area contributed by atoms with Crippen LogP contribution in [0, 0.1) is 0 Å². The molecule has 1 heterocycles. The number of carbonyl (C=O) groups is 1. The van der Waals surface area contributed by atoms with E-state index < -0.39 is 0 Å². The highest BCUT2D eigenvalue weighted by Gasteiger charge is 2.12. The second-order valence-electron chi connectivity index (χ2n) is 5.30. The molecule has 2 aromatic carbocycles. The Morgan fingerprint density at radius 1 is 1.12 bits per heavy atom. The Morgan fingerprint density at radius 2 is 1.83 bits per heavy atom. The molecule has 0 unspecified atom stereocenters. The van der Waals surface area contributed by atoms with E-state index in [0.717, 1.165) is 17.0 Å². The highest BCUT2D eigenvalue weighted by Crippen LogP contribution is 2.24. The summed E-state index contributed by atoms with van der Waals surface area (Å²) in [6.07, 6.45) is 1.75. The van der Waals surface area contributed by atoms with Gasteiger partial charge in [-0.15, -0.1) is 0 Å². The largest absolute Gasteiger partial charge is 0.494 e.